The molecular weight excluding hydrogens is 420 g/mol. The van der Waals surface area contributed by atoms with Crippen molar-refractivity contribution < 1.29 is 14.3 Å². The van der Waals surface area contributed by atoms with Crippen molar-refractivity contribution in [2.24, 2.45) is 7.05 Å². The number of fused-ring (bicyclic) bond motifs is 3. The van der Waals surface area contributed by atoms with Crippen molar-refractivity contribution >= 4 is 17.7 Å². The standard InChI is InChI=1S/C24H28N6O3/c1-14-10-21(28-29(14)3)23-20-7-5-4-6-16-11-17(8-9-19(16)22(20)26-27-23)30-13-18(33-24(30)32)12-25-15(2)31/h8-11,18H,4-7,12-13H2,1-3H3,(H,25,31)(H,26,27). The van der Waals surface area contributed by atoms with E-state index in [0.717, 1.165) is 59.7 Å². The number of aryl methyl sites for hydroxylation is 3. The fourth-order valence-electron chi connectivity index (χ4n) is 4.63. The van der Waals surface area contributed by atoms with E-state index < -0.39 is 0 Å². The summed E-state index contributed by atoms with van der Waals surface area (Å²) in [6, 6.07) is 8.15. The van der Waals surface area contributed by atoms with Crippen molar-refractivity contribution in [3.05, 3.63) is 41.1 Å². The first-order chi connectivity index (χ1) is 15.9. The average Bonchev–Trinajstić information content (AvgIpc) is 3.45. The Morgan fingerprint density at radius 1 is 1.27 bits per heavy atom. The number of nitrogens with one attached hydrogen (secondary N) is 2. The second-order valence-electron chi connectivity index (χ2n) is 8.82. The third kappa shape index (κ3) is 3.99. The maximum absolute atomic E-state index is 12.5. The summed E-state index contributed by atoms with van der Waals surface area (Å²) in [6.45, 7) is 4.22. The fraction of sp³-hybridized carbons (Fsp3) is 0.417. The lowest BCUT2D eigenvalue weighted by Crippen LogP contribution is -2.33. The monoisotopic (exact) mass is 448 g/mol. The molecule has 0 saturated carbocycles. The van der Waals surface area contributed by atoms with Crippen LogP contribution in [-0.2, 0) is 29.4 Å². The van der Waals surface area contributed by atoms with Gasteiger partial charge in [0.1, 0.15) is 11.8 Å². The number of ether oxygens (including phenoxy) is 1. The SMILES string of the molecule is CC(=O)NCC1CN(c2ccc3c(c2)CCCCc2c-3n[nH]c2-c2cc(C)n(C)n2)C(=O)O1. The molecule has 0 bridgehead atoms. The van der Waals surface area contributed by atoms with E-state index in [1.54, 1.807) is 4.90 Å². The van der Waals surface area contributed by atoms with Gasteiger partial charge in [-0.25, -0.2) is 4.79 Å². The molecular formula is C24H28N6O3. The summed E-state index contributed by atoms with van der Waals surface area (Å²) < 4.78 is 7.31. The summed E-state index contributed by atoms with van der Waals surface area (Å²) in [4.78, 5) is 25.3. The number of carbonyl (C=O) groups is 2. The first-order valence-electron chi connectivity index (χ1n) is 11.3. The average molecular weight is 449 g/mol. The van der Waals surface area contributed by atoms with E-state index in [9.17, 15) is 9.59 Å². The third-order valence-corrected chi connectivity index (χ3v) is 6.47. The largest absolute Gasteiger partial charge is 0.442 e. The van der Waals surface area contributed by atoms with Gasteiger partial charge in [0.25, 0.3) is 0 Å². The Bertz CT molecular complexity index is 1210. The summed E-state index contributed by atoms with van der Waals surface area (Å²) in [6.07, 6.45) is 3.24. The molecule has 1 fully saturated rings. The maximum Gasteiger partial charge on any atom is 0.414 e. The van der Waals surface area contributed by atoms with Crippen LogP contribution in [0.4, 0.5) is 10.5 Å². The van der Waals surface area contributed by atoms with Crippen molar-refractivity contribution in [2.75, 3.05) is 18.0 Å². The number of anilines is 1. The number of hydrogen-bond donors (Lipinski definition) is 2. The number of benzene rings is 1. The molecule has 0 radical (unpaired) electrons. The van der Waals surface area contributed by atoms with Crippen LogP contribution in [0.3, 0.4) is 0 Å². The van der Waals surface area contributed by atoms with E-state index in [2.05, 4.69) is 33.7 Å². The van der Waals surface area contributed by atoms with Crippen molar-refractivity contribution in [1.29, 1.82) is 0 Å². The number of cyclic esters (lactones) is 1. The van der Waals surface area contributed by atoms with Gasteiger partial charge in [0.05, 0.1) is 24.5 Å². The first-order valence-corrected chi connectivity index (χ1v) is 11.3. The molecule has 1 aromatic carbocycles. The molecule has 3 heterocycles. The number of carbonyl (C=O) groups excluding carboxylic acids is 2. The lowest BCUT2D eigenvalue weighted by Gasteiger charge is -2.18. The zero-order chi connectivity index (χ0) is 23.1. The molecule has 2 amide bonds. The smallest absolute Gasteiger partial charge is 0.414 e. The van der Waals surface area contributed by atoms with Gasteiger partial charge in [-0.15, -0.1) is 0 Å². The summed E-state index contributed by atoms with van der Waals surface area (Å²) in [7, 11) is 1.94. The highest BCUT2D eigenvalue weighted by Crippen LogP contribution is 2.37. The van der Waals surface area contributed by atoms with Gasteiger partial charge in [-0.3, -0.25) is 19.5 Å². The molecule has 1 aliphatic heterocycles. The topological polar surface area (TPSA) is 105 Å². The van der Waals surface area contributed by atoms with Gasteiger partial charge in [-0.2, -0.15) is 10.2 Å². The second-order valence-corrected chi connectivity index (χ2v) is 8.82. The van der Waals surface area contributed by atoms with E-state index in [1.807, 2.05) is 24.7 Å². The van der Waals surface area contributed by atoms with E-state index in [0.29, 0.717) is 13.1 Å². The van der Waals surface area contributed by atoms with Gasteiger partial charge in [0, 0.05) is 36.5 Å². The molecule has 9 heteroatoms. The molecule has 9 nitrogen and oxygen atoms in total. The summed E-state index contributed by atoms with van der Waals surface area (Å²) in [5.74, 6) is -0.138. The predicted molar refractivity (Wildman–Crippen MR) is 124 cm³/mol. The Labute approximate surface area is 192 Å². The van der Waals surface area contributed by atoms with Crippen molar-refractivity contribution in [2.45, 2.75) is 45.6 Å². The quantitative estimate of drug-likeness (QED) is 0.638. The van der Waals surface area contributed by atoms with Crippen LogP contribution in [0.25, 0.3) is 22.6 Å². The minimum atomic E-state index is -0.385. The van der Waals surface area contributed by atoms with E-state index >= 15 is 0 Å². The highest BCUT2D eigenvalue weighted by Gasteiger charge is 2.33. The zero-order valence-electron chi connectivity index (χ0n) is 19.1. The Balaban J connectivity index is 1.46. The van der Waals surface area contributed by atoms with Crippen LogP contribution < -0.4 is 10.2 Å². The van der Waals surface area contributed by atoms with Gasteiger partial charge < -0.3 is 10.1 Å². The molecule has 33 heavy (non-hydrogen) atoms. The van der Waals surface area contributed by atoms with E-state index in [1.165, 1.54) is 18.1 Å². The molecule has 1 atom stereocenters. The lowest BCUT2D eigenvalue weighted by molar-refractivity contribution is -0.119. The van der Waals surface area contributed by atoms with Gasteiger partial charge in [0.2, 0.25) is 5.91 Å². The lowest BCUT2D eigenvalue weighted by atomic mass is 9.90. The van der Waals surface area contributed by atoms with Crippen LogP contribution in [0, 0.1) is 6.92 Å². The third-order valence-electron chi connectivity index (χ3n) is 6.47. The number of amides is 2. The van der Waals surface area contributed by atoms with Gasteiger partial charge in [-0.05, 0) is 56.4 Å². The first kappa shape index (κ1) is 21.2. The molecule has 2 N–H and O–H groups in total. The van der Waals surface area contributed by atoms with E-state index in [4.69, 9.17) is 9.84 Å². The van der Waals surface area contributed by atoms with Crippen molar-refractivity contribution in [3.63, 3.8) is 0 Å². The normalized spacial score (nSPS) is 17.7. The molecule has 1 unspecified atom stereocenters. The molecule has 172 valence electrons. The van der Waals surface area contributed by atoms with Gasteiger partial charge in [-0.1, -0.05) is 6.07 Å². The fourth-order valence-corrected chi connectivity index (χ4v) is 4.63. The highest BCUT2D eigenvalue weighted by atomic mass is 16.6. The summed E-state index contributed by atoms with van der Waals surface area (Å²) in [5.41, 5.74) is 8.20. The number of hydrogen-bond acceptors (Lipinski definition) is 5. The number of rotatable bonds is 4. The molecule has 1 saturated heterocycles. The number of aromatic amines is 1. The number of nitrogens with zero attached hydrogens (tertiary/aromatic N) is 4. The zero-order valence-corrected chi connectivity index (χ0v) is 19.1. The maximum atomic E-state index is 12.5. The van der Waals surface area contributed by atoms with Gasteiger partial charge >= 0.3 is 6.09 Å². The summed E-state index contributed by atoms with van der Waals surface area (Å²) >= 11 is 0. The Kier molecular flexibility index (Phi) is 5.39. The Hall–Kier alpha value is -3.62. The highest BCUT2D eigenvalue weighted by molar-refractivity contribution is 5.90. The molecule has 3 aromatic rings. The van der Waals surface area contributed by atoms with Crippen LogP contribution in [-0.4, -0.2) is 51.2 Å². The van der Waals surface area contributed by atoms with Crippen LogP contribution in [0.15, 0.2) is 24.3 Å². The van der Waals surface area contributed by atoms with Gasteiger partial charge in [0.15, 0.2) is 0 Å². The molecule has 2 aromatic heterocycles. The molecule has 1 aliphatic carbocycles. The van der Waals surface area contributed by atoms with Crippen molar-refractivity contribution in [3.8, 4) is 22.6 Å². The minimum absolute atomic E-state index is 0.138. The Morgan fingerprint density at radius 2 is 2.09 bits per heavy atom. The minimum Gasteiger partial charge on any atom is -0.442 e. The summed E-state index contributed by atoms with van der Waals surface area (Å²) in [5, 5.41) is 15.3. The Morgan fingerprint density at radius 3 is 2.85 bits per heavy atom. The molecule has 2 aliphatic rings. The number of H-pyrrole nitrogens is 1. The van der Waals surface area contributed by atoms with Crippen LogP contribution >= 0.6 is 0 Å². The predicted octanol–water partition coefficient (Wildman–Crippen LogP) is 3.13. The molecule has 0 spiro atoms. The van der Waals surface area contributed by atoms with E-state index in [-0.39, 0.29) is 18.1 Å². The van der Waals surface area contributed by atoms with Crippen LogP contribution in [0.5, 0.6) is 0 Å². The van der Waals surface area contributed by atoms with Crippen LogP contribution in [0.2, 0.25) is 0 Å². The number of aromatic nitrogens is 4. The van der Waals surface area contributed by atoms with Crippen molar-refractivity contribution in [1.82, 2.24) is 25.3 Å². The molecule has 5 rings (SSSR count). The second kappa shape index (κ2) is 8.38. The van der Waals surface area contributed by atoms with Crippen LogP contribution in [0.1, 0.15) is 36.6 Å².